The monoisotopic (exact) mass is 338 g/mol. The van der Waals surface area contributed by atoms with Crippen molar-refractivity contribution in [2.45, 2.75) is 6.42 Å². The number of nitrogens with zero attached hydrogens (tertiary/aromatic N) is 3. The molecule has 0 amide bonds. The normalized spacial score (nSPS) is 11.3. The van der Waals surface area contributed by atoms with E-state index in [0.717, 1.165) is 5.56 Å². The van der Waals surface area contributed by atoms with Crippen LogP contribution in [0.4, 0.5) is 0 Å². The Kier molecular flexibility index (Phi) is 3.58. The van der Waals surface area contributed by atoms with Crippen LogP contribution in [0.25, 0.3) is 11.2 Å². The molecule has 0 bridgehead atoms. The first kappa shape index (κ1) is 14.9. The number of nitrogens with one attached hydrogen (secondary N) is 1. The molecule has 0 fully saturated rings. The summed E-state index contributed by atoms with van der Waals surface area (Å²) in [4.78, 5) is 30.3. The van der Waals surface area contributed by atoms with Crippen LogP contribution in [0.2, 0.25) is 10.0 Å². The van der Waals surface area contributed by atoms with Gasteiger partial charge in [-0.2, -0.15) is 0 Å². The van der Waals surface area contributed by atoms with Crippen LogP contribution >= 0.6 is 23.2 Å². The van der Waals surface area contributed by atoms with Crippen molar-refractivity contribution in [1.29, 1.82) is 0 Å². The third-order valence-corrected chi connectivity index (χ3v) is 4.31. The zero-order valence-electron chi connectivity index (χ0n) is 11.9. The zero-order chi connectivity index (χ0) is 16.0. The van der Waals surface area contributed by atoms with E-state index < -0.39 is 11.2 Å². The number of benzene rings is 1. The van der Waals surface area contributed by atoms with E-state index in [-0.39, 0.29) is 0 Å². The second-order valence-corrected chi connectivity index (χ2v) is 5.82. The van der Waals surface area contributed by atoms with E-state index in [1.54, 1.807) is 30.8 Å². The van der Waals surface area contributed by atoms with Gasteiger partial charge in [0.25, 0.3) is 5.56 Å². The third-order valence-electron chi connectivity index (χ3n) is 3.57. The predicted octanol–water partition coefficient (Wildman–Crippen LogP) is 1.86. The van der Waals surface area contributed by atoms with Crippen molar-refractivity contribution in [2.75, 3.05) is 0 Å². The highest BCUT2D eigenvalue weighted by atomic mass is 35.5. The van der Waals surface area contributed by atoms with Gasteiger partial charge in [-0.15, -0.1) is 0 Å². The maximum atomic E-state index is 12.0. The van der Waals surface area contributed by atoms with E-state index in [2.05, 4.69) is 9.97 Å². The van der Waals surface area contributed by atoms with E-state index in [1.165, 1.54) is 4.57 Å². The SMILES string of the molecule is Cn1c(Cc2ccc(Cl)c(Cl)c2)nc2c1c(=O)[nH]c(=O)n2C. The Morgan fingerprint density at radius 1 is 1.14 bits per heavy atom. The van der Waals surface area contributed by atoms with Crippen molar-refractivity contribution in [1.82, 2.24) is 19.1 Å². The number of halogens is 2. The van der Waals surface area contributed by atoms with Crippen molar-refractivity contribution in [2.24, 2.45) is 14.1 Å². The largest absolute Gasteiger partial charge is 0.329 e. The molecule has 3 rings (SSSR count). The van der Waals surface area contributed by atoms with Gasteiger partial charge >= 0.3 is 5.69 Å². The summed E-state index contributed by atoms with van der Waals surface area (Å²) >= 11 is 11.9. The summed E-state index contributed by atoms with van der Waals surface area (Å²) in [5, 5.41) is 0.942. The van der Waals surface area contributed by atoms with Gasteiger partial charge in [-0.25, -0.2) is 9.78 Å². The number of hydrogen-bond donors (Lipinski definition) is 1. The highest BCUT2D eigenvalue weighted by Gasteiger charge is 2.15. The molecule has 0 saturated heterocycles. The Labute approximate surface area is 134 Å². The molecular formula is C14H12Cl2N4O2. The van der Waals surface area contributed by atoms with Crippen LogP contribution in [-0.4, -0.2) is 19.1 Å². The molecule has 0 spiro atoms. The molecule has 0 saturated carbocycles. The van der Waals surface area contributed by atoms with Gasteiger partial charge in [0, 0.05) is 20.5 Å². The minimum Gasteiger partial charge on any atom is -0.325 e. The van der Waals surface area contributed by atoms with Gasteiger partial charge in [0.2, 0.25) is 0 Å². The second-order valence-electron chi connectivity index (χ2n) is 5.00. The fourth-order valence-electron chi connectivity index (χ4n) is 2.34. The van der Waals surface area contributed by atoms with Gasteiger partial charge in [0.15, 0.2) is 11.2 Å². The van der Waals surface area contributed by atoms with Crippen LogP contribution in [0.1, 0.15) is 11.4 Å². The molecule has 8 heteroatoms. The minimum absolute atomic E-state index is 0.353. The van der Waals surface area contributed by atoms with Crippen molar-refractivity contribution in [3.8, 4) is 0 Å². The fraction of sp³-hybridized carbons (Fsp3) is 0.214. The predicted molar refractivity (Wildman–Crippen MR) is 85.8 cm³/mol. The Morgan fingerprint density at radius 3 is 2.55 bits per heavy atom. The van der Waals surface area contributed by atoms with Crippen LogP contribution in [0, 0.1) is 0 Å². The topological polar surface area (TPSA) is 72.7 Å². The van der Waals surface area contributed by atoms with Crippen molar-refractivity contribution < 1.29 is 0 Å². The summed E-state index contributed by atoms with van der Waals surface area (Å²) in [5.74, 6) is 0.653. The lowest BCUT2D eigenvalue weighted by Gasteiger charge is -2.04. The lowest BCUT2D eigenvalue weighted by Crippen LogP contribution is -2.29. The summed E-state index contributed by atoms with van der Waals surface area (Å²) in [5.41, 5.74) is 0.683. The van der Waals surface area contributed by atoms with Gasteiger partial charge in [-0.05, 0) is 17.7 Å². The fourth-order valence-corrected chi connectivity index (χ4v) is 2.66. The number of rotatable bonds is 2. The van der Waals surface area contributed by atoms with Crippen LogP contribution in [-0.2, 0) is 20.5 Å². The van der Waals surface area contributed by atoms with Crippen molar-refractivity contribution in [3.05, 3.63) is 60.5 Å². The molecule has 0 aliphatic heterocycles. The molecule has 0 radical (unpaired) electrons. The summed E-state index contributed by atoms with van der Waals surface area (Å²) in [6, 6.07) is 5.31. The van der Waals surface area contributed by atoms with Crippen LogP contribution in [0.3, 0.4) is 0 Å². The molecule has 1 N–H and O–H groups in total. The molecule has 2 aromatic heterocycles. The van der Waals surface area contributed by atoms with E-state index in [1.807, 2.05) is 6.07 Å². The quantitative estimate of drug-likeness (QED) is 0.775. The first-order valence-corrected chi connectivity index (χ1v) is 7.22. The number of fused-ring (bicyclic) bond motifs is 1. The first-order valence-electron chi connectivity index (χ1n) is 6.47. The number of hydrogen-bond acceptors (Lipinski definition) is 3. The third kappa shape index (κ3) is 2.34. The maximum Gasteiger partial charge on any atom is 0.329 e. The van der Waals surface area contributed by atoms with E-state index in [9.17, 15) is 9.59 Å². The molecule has 0 aliphatic carbocycles. The summed E-state index contributed by atoms with van der Waals surface area (Å²) in [6.45, 7) is 0. The summed E-state index contributed by atoms with van der Waals surface area (Å²) in [6.07, 6.45) is 0.468. The van der Waals surface area contributed by atoms with Crippen molar-refractivity contribution >= 4 is 34.4 Å². The van der Waals surface area contributed by atoms with Gasteiger partial charge in [-0.3, -0.25) is 14.3 Å². The Bertz CT molecular complexity index is 1000. The zero-order valence-corrected chi connectivity index (χ0v) is 13.4. The van der Waals surface area contributed by atoms with Crippen LogP contribution in [0.15, 0.2) is 27.8 Å². The van der Waals surface area contributed by atoms with E-state index in [4.69, 9.17) is 23.2 Å². The molecule has 0 aliphatic rings. The van der Waals surface area contributed by atoms with Crippen LogP contribution in [0.5, 0.6) is 0 Å². The number of H-pyrrole nitrogens is 1. The van der Waals surface area contributed by atoms with Crippen molar-refractivity contribution in [3.63, 3.8) is 0 Å². The molecule has 6 nitrogen and oxygen atoms in total. The van der Waals surface area contributed by atoms with E-state index >= 15 is 0 Å². The van der Waals surface area contributed by atoms with Gasteiger partial charge in [0.05, 0.1) is 10.0 Å². The molecule has 0 atom stereocenters. The minimum atomic E-state index is -0.489. The molecule has 2 heterocycles. The summed E-state index contributed by atoms with van der Waals surface area (Å²) < 4.78 is 2.99. The van der Waals surface area contributed by atoms with Crippen LogP contribution < -0.4 is 11.2 Å². The first-order chi connectivity index (χ1) is 10.4. The Morgan fingerprint density at radius 2 is 1.86 bits per heavy atom. The summed E-state index contributed by atoms with van der Waals surface area (Å²) in [7, 11) is 3.30. The molecule has 0 unspecified atom stereocenters. The lowest BCUT2D eigenvalue weighted by atomic mass is 10.1. The Hall–Kier alpha value is -2.05. The number of aromatic nitrogens is 4. The smallest absolute Gasteiger partial charge is 0.325 e. The lowest BCUT2D eigenvalue weighted by molar-refractivity contribution is 0.828. The van der Waals surface area contributed by atoms with E-state index in [0.29, 0.717) is 33.5 Å². The highest BCUT2D eigenvalue weighted by molar-refractivity contribution is 6.42. The van der Waals surface area contributed by atoms with Gasteiger partial charge in [-0.1, -0.05) is 29.3 Å². The highest BCUT2D eigenvalue weighted by Crippen LogP contribution is 2.24. The average molecular weight is 339 g/mol. The van der Waals surface area contributed by atoms with Gasteiger partial charge in [0.1, 0.15) is 5.82 Å². The maximum absolute atomic E-state index is 12.0. The second kappa shape index (κ2) is 5.30. The molecule has 3 aromatic rings. The molecule has 22 heavy (non-hydrogen) atoms. The molecule has 1 aromatic carbocycles. The molecular weight excluding hydrogens is 327 g/mol. The van der Waals surface area contributed by atoms with Gasteiger partial charge < -0.3 is 4.57 Å². The average Bonchev–Trinajstić information content (AvgIpc) is 2.78. The molecule has 114 valence electrons. The number of aromatic amines is 1. The number of aryl methyl sites for hydroxylation is 2. The standard InChI is InChI=1S/C14H12Cl2N4O2/c1-19-10(6-7-3-4-8(15)9(16)5-7)17-12-11(19)13(21)18-14(22)20(12)2/h3-5H,6H2,1-2H3,(H,18,21,22). The Balaban J connectivity index is 2.16. The number of imidazole rings is 1.